The van der Waals surface area contributed by atoms with Crippen molar-refractivity contribution in [3.63, 3.8) is 0 Å². The fraction of sp³-hybridized carbons (Fsp3) is 0.652. The van der Waals surface area contributed by atoms with Crippen LogP contribution in [0, 0.1) is 16.2 Å². The molecule has 138 valence electrons. The third-order valence-electron chi connectivity index (χ3n) is 8.59. The van der Waals surface area contributed by atoms with Gasteiger partial charge >= 0.3 is 0 Å². The molecule has 0 saturated heterocycles. The van der Waals surface area contributed by atoms with Crippen LogP contribution < -0.4 is 0 Å². The van der Waals surface area contributed by atoms with Crippen LogP contribution in [0.1, 0.15) is 65.2 Å². The highest BCUT2D eigenvalue weighted by atomic mass is 32.2. The Hall–Kier alpha value is -1.09. The number of rotatable bonds is 1. The van der Waals surface area contributed by atoms with Crippen LogP contribution in [-0.4, -0.2) is 23.1 Å². The number of Topliss-reactive ketones (excluding diaryl/α,β-unsaturated/α-hetero) is 1. The van der Waals surface area contributed by atoms with E-state index in [0.717, 1.165) is 44.9 Å². The van der Waals surface area contributed by atoms with Crippen LogP contribution in [0.4, 0.5) is 0 Å². The maximum absolute atomic E-state index is 13.2. The Labute approximate surface area is 160 Å². The lowest BCUT2D eigenvalue weighted by Crippen LogP contribution is -2.46. The van der Waals surface area contributed by atoms with Crippen molar-refractivity contribution in [1.82, 2.24) is 0 Å². The van der Waals surface area contributed by atoms with Gasteiger partial charge in [-0.1, -0.05) is 31.1 Å². The summed E-state index contributed by atoms with van der Waals surface area (Å²) in [4.78, 5) is 25.2. The van der Waals surface area contributed by atoms with E-state index in [1.54, 1.807) is 5.57 Å². The van der Waals surface area contributed by atoms with E-state index in [-0.39, 0.29) is 16.2 Å². The van der Waals surface area contributed by atoms with Gasteiger partial charge in [0.05, 0.1) is 5.41 Å². The van der Waals surface area contributed by atoms with Crippen molar-refractivity contribution in [2.75, 3.05) is 6.26 Å². The Balaban J connectivity index is 1.72. The average molecular weight is 369 g/mol. The molecule has 2 nitrogen and oxygen atoms in total. The standard InChI is InChI=1S/C23H28O2S/c1-21-8-5-17-20-16(6-11-23(17,21)19(25)7-9-21)22(2)10-4-15(24)12-14(22)13-18(20)26-3/h5,12,18H,4,6-11,13H2,1-3H3/t18-,21+,22?,23?/m1/s1. The van der Waals surface area contributed by atoms with Crippen LogP contribution in [0.5, 0.6) is 0 Å². The van der Waals surface area contributed by atoms with Crippen molar-refractivity contribution in [2.45, 2.75) is 70.5 Å². The summed E-state index contributed by atoms with van der Waals surface area (Å²) in [6.45, 7) is 4.72. The van der Waals surface area contributed by atoms with E-state index in [0.29, 0.717) is 23.2 Å². The molecule has 0 aliphatic heterocycles. The average Bonchev–Trinajstić information content (AvgIpc) is 3.06. The molecule has 26 heavy (non-hydrogen) atoms. The molecule has 0 amide bonds. The van der Waals surface area contributed by atoms with Crippen molar-refractivity contribution >= 4 is 23.3 Å². The van der Waals surface area contributed by atoms with E-state index in [1.165, 1.54) is 16.7 Å². The van der Waals surface area contributed by atoms with Gasteiger partial charge in [-0.15, -0.1) is 0 Å². The Morgan fingerprint density at radius 2 is 1.88 bits per heavy atom. The monoisotopic (exact) mass is 368 g/mol. The number of ketones is 2. The Kier molecular flexibility index (Phi) is 3.44. The summed E-state index contributed by atoms with van der Waals surface area (Å²) in [5, 5.41) is 0.398. The second-order valence-corrected chi connectivity index (χ2v) is 10.5. The number of carbonyl (C=O) groups is 2. The van der Waals surface area contributed by atoms with Crippen molar-refractivity contribution in [3.8, 4) is 0 Å². The molecule has 3 heteroatoms. The summed E-state index contributed by atoms with van der Waals surface area (Å²) < 4.78 is 0. The van der Waals surface area contributed by atoms with Gasteiger partial charge in [-0.3, -0.25) is 9.59 Å². The van der Waals surface area contributed by atoms with Gasteiger partial charge < -0.3 is 0 Å². The molecule has 0 aromatic heterocycles. The van der Waals surface area contributed by atoms with Crippen LogP contribution in [0.15, 0.2) is 34.4 Å². The fourth-order valence-corrected chi connectivity index (χ4v) is 7.81. The molecule has 5 aliphatic carbocycles. The number of thioether (sulfide) groups is 1. The number of allylic oxidation sites excluding steroid dienone is 5. The first-order valence-electron chi connectivity index (χ1n) is 10.1. The highest BCUT2D eigenvalue weighted by molar-refractivity contribution is 7.99. The van der Waals surface area contributed by atoms with Gasteiger partial charge in [-0.05, 0) is 67.4 Å². The van der Waals surface area contributed by atoms with Gasteiger partial charge in [0.25, 0.3) is 0 Å². The zero-order chi connectivity index (χ0) is 18.3. The van der Waals surface area contributed by atoms with E-state index < -0.39 is 0 Å². The maximum atomic E-state index is 13.2. The molecule has 4 atom stereocenters. The van der Waals surface area contributed by atoms with Gasteiger partial charge in [0.15, 0.2) is 5.78 Å². The first-order chi connectivity index (χ1) is 12.4. The number of fused-ring (bicyclic) bond motifs is 3. The summed E-state index contributed by atoms with van der Waals surface area (Å²) in [5.74, 6) is 0.799. The van der Waals surface area contributed by atoms with Crippen molar-refractivity contribution in [2.24, 2.45) is 16.2 Å². The van der Waals surface area contributed by atoms with Crippen molar-refractivity contribution in [3.05, 3.63) is 34.4 Å². The number of carbonyl (C=O) groups excluding carboxylic acids is 2. The lowest BCUT2D eigenvalue weighted by molar-refractivity contribution is -0.127. The number of hydrogen-bond acceptors (Lipinski definition) is 3. The summed E-state index contributed by atoms with van der Waals surface area (Å²) in [6, 6.07) is 0. The molecule has 0 aromatic carbocycles. The lowest BCUT2D eigenvalue weighted by Gasteiger charge is -2.52. The first kappa shape index (κ1) is 17.0. The normalized spacial score (nSPS) is 44.2. The van der Waals surface area contributed by atoms with Crippen LogP contribution in [0.2, 0.25) is 0 Å². The highest BCUT2D eigenvalue weighted by Crippen LogP contribution is 2.70. The second-order valence-electron chi connectivity index (χ2n) is 9.50. The Morgan fingerprint density at radius 3 is 2.65 bits per heavy atom. The SMILES string of the molecule is CS[C@@H]1CC2=CC(=O)CCC2(C)C2=C1C1=CC[C@@]3(C)CCC(=O)C13CC2. The molecule has 0 aromatic rings. The maximum Gasteiger partial charge on any atom is 0.155 e. The molecule has 1 spiro atoms. The summed E-state index contributed by atoms with van der Waals surface area (Å²) in [6.07, 6.45) is 14.1. The Bertz CT molecular complexity index is 831. The van der Waals surface area contributed by atoms with E-state index in [1.807, 2.05) is 17.8 Å². The molecule has 0 N–H and O–H groups in total. The zero-order valence-corrected chi connectivity index (χ0v) is 16.9. The topological polar surface area (TPSA) is 34.1 Å². The molecular formula is C23H28O2S. The molecule has 0 radical (unpaired) electrons. The lowest BCUT2D eigenvalue weighted by atomic mass is 9.52. The molecule has 0 bridgehead atoms. The van der Waals surface area contributed by atoms with Crippen LogP contribution in [0.3, 0.4) is 0 Å². The minimum Gasteiger partial charge on any atom is -0.299 e. The van der Waals surface area contributed by atoms with Crippen LogP contribution in [-0.2, 0) is 9.59 Å². The summed E-state index contributed by atoms with van der Waals surface area (Å²) in [7, 11) is 0. The third kappa shape index (κ3) is 1.81. The van der Waals surface area contributed by atoms with Gasteiger partial charge in [-0.25, -0.2) is 0 Å². The van der Waals surface area contributed by atoms with Gasteiger partial charge in [-0.2, -0.15) is 11.8 Å². The highest BCUT2D eigenvalue weighted by Gasteiger charge is 2.64. The van der Waals surface area contributed by atoms with Crippen molar-refractivity contribution in [1.29, 1.82) is 0 Å². The summed E-state index contributed by atoms with van der Waals surface area (Å²) >= 11 is 1.90. The quantitative estimate of drug-likeness (QED) is 0.638. The van der Waals surface area contributed by atoms with Gasteiger partial charge in [0.2, 0.25) is 0 Å². The molecule has 2 unspecified atom stereocenters. The largest absolute Gasteiger partial charge is 0.299 e. The minimum absolute atomic E-state index is 0.0402. The predicted molar refractivity (Wildman–Crippen MR) is 106 cm³/mol. The smallest absolute Gasteiger partial charge is 0.155 e. The Morgan fingerprint density at radius 1 is 1.08 bits per heavy atom. The molecule has 1 fully saturated rings. The predicted octanol–water partition coefficient (Wildman–Crippen LogP) is 5.19. The van der Waals surface area contributed by atoms with Crippen molar-refractivity contribution < 1.29 is 9.59 Å². The molecular weight excluding hydrogens is 340 g/mol. The summed E-state index contributed by atoms with van der Waals surface area (Å²) in [5.41, 5.74) is 5.79. The number of hydrogen-bond donors (Lipinski definition) is 0. The molecule has 1 saturated carbocycles. The van der Waals surface area contributed by atoms with Gasteiger partial charge in [0.1, 0.15) is 5.78 Å². The van der Waals surface area contributed by atoms with Crippen LogP contribution in [0.25, 0.3) is 0 Å². The first-order valence-corrected chi connectivity index (χ1v) is 11.4. The van der Waals surface area contributed by atoms with Gasteiger partial charge in [0, 0.05) is 23.5 Å². The third-order valence-corrected chi connectivity index (χ3v) is 9.56. The molecule has 5 rings (SSSR count). The molecule has 5 aliphatic rings. The zero-order valence-electron chi connectivity index (χ0n) is 16.1. The molecule has 0 heterocycles. The van der Waals surface area contributed by atoms with E-state index in [9.17, 15) is 9.59 Å². The minimum atomic E-state index is -0.206. The van der Waals surface area contributed by atoms with E-state index in [2.05, 4.69) is 26.2 Å². The fourth-order valence-electron chi connectivity index (χ4n) is 6.96. The second kappa shape index (κ2) is 5.25. The van der Waals surface area contributed by atoms with E-state index in [4.69, 9.17) is 0 Å². The van der Waals surface area contributed by atoms with Crippen LogP contribution >= 0.6 is 11.8 Å². The van der Waals surface area contributed by atoms with E-state index >= 15 is 0 Å².